The van der Waals surface area contributed by atoms with Gasteiger partial charge < -0.3 is 14.0 Å². The van der Waals surface area contributed by atoms with Crippen LogP contribution in [0.5, 0.6) is 5.75 Å². The van der Waals surface area contributed by atoms with Crippen molar-refractivity contribution < 1.29 is 14.0 Å². The summed E-state index contributed by atoms with van der Waals surface area (Å²) in [6, 6.07) is 7.00. The molecule has 0 aliphatic rings. The van der Waals surface area contributed by atoms with Crippen molar-refractivity contribution in [2.75, 3.05) is 13.7 Å². The van der Waals surface area contributed by atoms with Crippen LogP contribution in [-0.2, 0) is 8.85 Å². The highest BCUT2D eigenvalue weighted by atomic mass is 28.4. The van der Waals surface area contributed by atoms with Crippen LogP contribution in [0.15, 0.2) is 24.3 Å². The predicted octanol–water partition coefficient (Wildman–Crippen LogP) is 1.35. The number of rotatable bonds is 4. The maximum absolute atomic E-state index is 9.16. The number of phenols is 1. The van der Waals surface area contributed by atoms with Gasteiger partial charge in [-0.3, -0.25) is 0 Å². The molecule has 1 N–H and O–H groups in total. The van der Waals surface area contributed by atoms with Gasteiger partial charge in [-0.15, -0.1) is 0 Å². The van der Waals surface area contributed by atoms with Crippen LogP contribution < -0.4 is 5.19 Å². The second-order valence-electron chi connectivity index (χ2n) is 3.13. The smallest absolute Gasteiger partial charge is 0.369 e. The summed E-state index contributed by atoms with van der Waals surface area (Å²) < 4.78 is 11.1. The highest BCUT2D eigenvalue weighted by Crippen LogP contribution is 2.10. The van der Waals surface area contributed by atoms with E-state index in [1.54, 1.807) is 19.2 Å². The van der Waals surface area contributed by atoms with E-state index >= 15 is 0 Å². The second-order valence-corrected chi connectivity index (χ2v) is 6.30. The first-order valence-corrected chi connectivity index (χ1v) is 6.92. The van der Waals surface area contributed by atoms with Crippen molar-refractivity contribution in [3.05, 3.63) is 24.3 Å². The minimum atomic E-state index is -2.23. The van der Waals surface area contributed by atoms with E-state index in [1.165, 1.54) is 0 Å². The number of hydrogen-bond acceptors (Lipinski definition) is 3. The Kier molecular flexibility index (Phi) is 3.68. The normalized spacial score (nSPS) is 15.1. The van der Waals surface area contributed by atoms with Gasteiger partial charge in [0.25, 0.3) is 0 Å². The molecule has 0 heterocycles. The Morgan fingerprint density at radius 2 is 1.86 bits per heavy atom. The van der Waals surface area contributed by atoms with Crippen LogP contribution in [0, 0.1) is 0 Å². The zero-order chi connectivity index (χ0) is 10.6. The predicted molar refractivity (Wildman–Crippen MR) is 58.0 cm³/mol. The van der Waals surface area contributed by atoms with Gasteiger partial charge in [-0.2, -0.15) is 0 Å². The molecule has 0 aliphatic carbocycles. The van der Waals surface area contributed by atoms with Crippen molar-refractivity contribution in [3.63, 3.8) is 0 Å². The van der Waals surface area contributed by atoms with Crippen molar-refractivity contribution >= 4 is 13.7 Å². The molecule has 0 spiro atoms. The number of phenolic OH excluding ortho intramolecular Hbond substituents is 1. The lowest BCUT2D eigenvalue weighted by Crippen LogP contribution is -2.50. The summed E-state index contributed by atoms with van der Waals surface area (Å²) >= 11 is 0. The lowest BCUT2D eigenvalue weighted by atomic mass is 10.3. The van der Waals surface area contributed by atoms with E-state index in [2.05, 4.69) is 0 Å². The lowest BCUT2D eigenvalue weighted by Gasteiger charge is -2.24. The van der Waals surface area contributed by atoms with Crippen LogP contribution in [-0.4, -0.2) is 27.4 Å². The van der Waals surface area contributed by atoms with Crippen LogP contribution in [0.3, 0.4) is 0 Å². The lowest BCUT2D eigenvalue weighted by molar-refractivity contribution is 0.229. The molecule has 1 aromatic rings. The number of hydrogen-bond donors (Lipinski definition) is 1. The Labute approximate surface area is 85.5 Å². The van der Waals surface area contributed by atoms with Crippen molar-refractivity contribution in [3.8, 4) is 5.75 Å². The van der Waals surface area contributed by atoms with Gasteiger partial charge in [0.15, 0.2) is 0 Å². The first kappa shape index (κ1) is 11.2. The first-order chi connectivity index (χ1) is 6.62. The Morgan fingerprint density at radius 3 is 2.29 bits per heavy atom. The van der Waals surface area contributed by atoms with E-state index in [0.29, 0.717) is 6.61 Å². The Balaban J connectivity index is 2.94. The SMILES string of the molecule is CCO[Si](C)(OC)c1ccc(O)cc1. The van der Waals surface area contributed by atoms with E-state index in [0.717, 1.165) is 5.19 Å². The van der Waals surface area contributed by atoms with Crippen molar-refractivity contribution in [2.45, 2.75) is 13.5 Å². The monoisotopic (exact) mass is 212 g/mol. The Hall–Kier alpha value is -0.843. The molecule has 0 aromatic heterocycles. The molecule has 0 aliphatic heterocycles. The summed E-state index contributed by atoms with van der Waals surface area (Å²) in [6.45, 7) is 4.57. The van der Waals surface area contributed by atoms with Gasteiger partial charge in [-0.1, -0.05) is 12.1 Å². The molecule has 0 fully saturated rings. The summed E-state index contributed by atoms with van der Waals surface area (Å²) in [5, 5.41) is 10.2. The van der Waals surface area contributed by atoms with Crippen molar-refractivity contribution in [1.29, 1.82) is 0 Å². The molecular formula is C10H16O3Si. The van der Waals surface area contributed by atoms with E-state index in [1.807, 2.05) is 25.6 Å². The maximum Gasteiger partial charge on any atom is 0.369 e. The molecule has 0 bridgehead atoms. The average molecular weight is 212 g/mol. The maximum atomic E-state index is 9.16. The molecule has 1 unspecified atom stereocenters. The Bertz CT molecular complexity index is 286. The highest BCUT2D eigenvalue weighted by Gasteiger charge is 2.32. The van der Waals surface area contributed by atoms with Crippen LogP contribution in [0.1, 0.15) is 6.92 Å². The fourth-order valence-electron chi connectivity index (χ4n) is 1.30. The largest absolute Gasteiger partial charge is 0.508 e. The van der Waals surface area contributed by atoms with Gasteiger partial charge in [0.1, 0.15) is 5.75 Å². The molecule has 3 nitrogen and oxygen atoms in total. The highest BCUT2D eigenvalue weighted by molar-refractivity contribution is 6.79. The standard InChI is InChI=1S/C10H16O3Si/c1-4-13-14(3,12-2)10-7-5-9(11)6-8-10/h5-8,11H,4H2,1-3H3. The van der Waals surface area contributed by atoms with Crippen LogP contribution in [0.25, 0.3) is 0 Å². The van der Waals surface area contributed by atoms with Crippen molar-refractivity contribution in [1.82, 2.24) is 0 Å². The van der Waals surface area contributed by atoms with Gasteiger partial charge >= 0.3 is 8.56 Å². The molecule has 0 saturated heterocycles. The molecule has 4 heteroatoms. The first-order valence-electron chi connectivity index (χ1n) is 4.61. The summed E-state index contributed by atoms with van der Waals surface area (Å²) in [7, 11) is -0.572. The molecule has 0 amide bonds. The molecule has 0 saturated carbocycles. The fourth-order valence-corrected chi connectivity index (χ4v) is 3.14. The van der Waals surface area contributed by atoms with Gasteiger partial charge in [0, 0.05) is 13.7 Å². The molecule has 14 heavy (non-hydrogen) atoms. The van der Waals surface area contributed by atoms with E-state index < -0.39 is 8.56 Å². The van der Waals surface area contributed by atoms with E-state index in [-0.39, 0.29) is 5.75 Å². The Morgan fingerprint density at radius 1 is 1.29 bits per heavy atom. The minimum absolute atomic E-state index is 0.262. The molecule has 78 valence electrons. The summed E-state index contributed by atoms with van der Waals surface area (Å²) in [5.74, 6) is 0.262. The molecule has 1 aromatic carbocycles. The van der Waals surface area contributed by atoms with Crippen LogP contribution in [0.4, 0.5) is 0 Å². The third kappa shape index (κ3) is 2.34. The zero-order valence-electron chi connectivity index (χ0n) is 8.78. The van der Waals surface area contributed by atoms with Gasteiger partial charge in [-0.25, -0.2) is 0 Å². The average Bonchev–Trinajstić information content (AvgIpc) is 2.19. The molecular weight excluding hydrogens is 196 g/mol. The second kappa shape index (κ2) is 4.59. The van der Waals surface area contributed by atoms with E-state index in [9.17, 15) is 0 Å². The van der Waals surface area contributed by atoms with Gasteiger partial charge in [0.2, 0.25) is 0 Å². The number of aromatic hydroxyl groups is 1. The summed E-state index contributed by atoms with van der Waals surface area (Å²) in [4.78, 5) is 0. The minimum Gasteiger partial charge on any atom is -0.508 e. The molecule has 0 radical (unpaired) electrons. The number of benzene rings is 1. The molecule has 1 atom stereocenters. The van der Waals surface area contributed by atoms with Gasteiger partial charge in [0.05, 0.1) is 0 Å². The van der Waals surface area contributed by atoms with Crippen LogP contribution in [0.2, 0.25) is 6.55 Å². The van der Waals surface area contributed by atoms with Gasteiger partial charge in [-0.05, 0) is 30.8 Å². The van der Waals surface area contributed by atoms with Crippen molar-refractivity contribution in [2.24, 2.45) is 0 Å². The fraction of sp³-hybridized carbons (Fsp3) is 0.400. The topological polar surface area (TPSA) is 38.7 Å². The third-order valence-electron chi connectivity index (χ3n) is 2.20. The quantitative estimate of drug-likeness (QED) is 0.766. The molecule has 1 rings (SSSR count). The summed E-state index contributed by atoms with van der Waals surface area (Å²) in [5.41, 5.74) is 0. The van der Waals surface area contributed by atoms with Crippen LogP contribution >= 0.6 is 0 Å². The summed E-state index contributed by atoms with van der Waals surface area (Å²) in [6.07, 6.45) is 0. The zero-order valence-corrected chi connectivity index (χ0v) is 9.78. The third-order valence-corrected chi connectivity index (χ3v) is 5.20. The van der Waals surface area contributed by atoms with E-state index in [4.69, 9.17) is 14.0 Å².